The van der Waals surface area contributed by atoms with Gasteiger partial charge in [-0.25, -0.2) is 13.6 Å². The lowest BCUT2D eigenvalue weighted by atomic mass is 9.53. The standard InChI is InChI=1S/C29H37F2NO4/c1-28(2,3)36-27(34)23-5-4-8-32(23)26(33)21-11-20(17-6-7-17)24(12-22(21)30)35-25-18-9-16-10-19(25)15-29(31,13-16)14-18/h11-12,16-19,23,25H,4-10,13-15H2,1-3H3. The minimum absolute atomic E-state index is 0.00694. The molecule has 1 saturated heterocycles. The van der Waals surface area contributed by atoms with Gasteiger partial charge in [-0.3, -0.25) is 4.79 Å². The second-order valence-electron chi connectivity index (χ2n) is 13.0. The minimum Gasteiger partial charge on any atom is -0.489 e. The first-order valence-corrected chi connectivity index (χ1v) is 13.7. The fraction of sp³-hybridized carbons (Fsp3) is 0.724. The largest absolute Gasteiger partial charge is 0.489 e. The van der Waals surface area contributed by atoms with E-state index in [9.17, 15) is 9.59 Å². The van der Waals surface area contributed by atoms with Crippen LogP contribution in [0, 0.1) is 23.6 Å². The summed E-state index contributed by atoms with van der Waals surface area (Å²) in [6, 6.07) is 2.33. The van der Waals surface area contributed by atoms with Crippen molar-refractivity contribution in [3.05, 3.63) is 29.1 Å². The molecule has 1 amide bonds. The molecule has 6 fully saturated rings. The maximum Gasteiger partial charge on any atom is 0.329 e. The second-order valence-corrected chi connectivity index (χ2v) is 13.0. The lowest BCUT2D eigenvalue weighted by Gasteiger charge is -2.56. The summed E-state index contributed by atoms with van der Waals surface area (Å²) in [5.41, 5.74) is -0.834. The smallest absolute Gasteiger partial charge is 0.329 e. The molecular weight excluding hydrogens is 464 g/mol. The van der Waals surface area contributed by atoms with E-state index in [-0.39, 0.29) is 29.4 Å². The predicted octanol–water partition coefficient (Wildman–Crippen LogP) is 5.95. The highest BCUT2D eigenvalue weighted by Gasteiger charge is 2.57. The van der Waals surface area contributed by atoms with E-state index in [1.165, 1.54) is 11.0 Å². The van der Waals surface area contributed by atoms with Gasteiger partial charge >= 0.3 is 5.97 Å². The van der Waals surface area contributed by atoms with E-state index in [4.69, 9.17) is 9.47 Å². The maximum absolute atomic E-state index is 15.5. The van der Waals surface area contributed by atoms with E-state index in [0.29, 0.717) is 50.3 Å². The first-order chi connectivity index (χ1) is 17.0. The van der Waals surface area contributed by atoms with Gasteiger partial charge in [0.15, 0.2) is 0 Å². The third-order valence-corrected chi connectivity index (χ3v) is 8.91. The van der Waals surface area contributed by atoms with Gasteiger partial charge in [-0.2, -0.15) is 0 Å². The number of hydrogen-bond donors (Lipinski definition) is 0. The van der Waals surface area contributed by atoms with Crippen molar-refractivity contribution in [2.24, 2.45) is 17.8 Å². The summed E-state index contributed by atoms with van der Waals surface area (Å²) in [6.07, 6.45) is 6.83. The molecule has 4 bridgehead atoms. The van der Waals surface area contributed by atoms with Crippen LogP contribution in [-0.4, -0.2) is 46.7 Å². The van der Waals surface area contributed by atoms with Crippen LogP contribution in [0.5, 0.6) is 5.75 Å². The number of rotatable bonds is 5. The summed E-state index contributed by atoms with van der Waals surface area (Å²) in [6.45, 7) is 5.78. The Balaban J connectivity index is 1.25. The number of benzene rings is 1. The molecule has 3 atom stereocenters. The molecule has 3 unspecified atom stereocenters. The molecular formula is C29H37F2NO4. The van der Waals surface area contributed by atoms with Crippen molar-refractivity contribution in [3.63, 3.8) is 0 Å². The quantitative estimate of drug-likeness (QED) is 0.468. The number of likely N-dealkylation sites (tertiary alicyclic amines) is 1. The zero-order valence-corrected chi connectivity index (χ0v) is 21.5. The van der Waals surface area contributed by atoms with Crippen LogP contribution < -0.4 is 4.74 Å². The van der Waals surface area contributed by atoms with Gasteiger partial charge in [0.1, 0.15) is 35.0 Å². The van der Waals surface area contributed by atoms with E-state index in [1.807, 2.05) is 0 Å². The summed E-state index contributed by atoms with van der Waals surface area (Å²) in [7, 11) is 0. The molecule has 7 heteroatoms. The molecule has 0 spiro atoms. The Labute approximate surface area is 211 Å². The third kappa shape index (κ3) is 4.41. The molecule has 5 saturated carbocycles. The van der Waals surface area contributed by atoms with Gasteiger partial charge < -0.3 is 14.4 Å². The summed E-state index contributed by atoms with van der Waals surface area (Å²) >= 11 is 0. The van der Waals surface area contributed by atoms with Gasteiger partial charge in [0.05, 0.1) is 5.56 Å². The summed E-state index contributed by atoms with van der Waals surface area (Å²) < 4.78 is 42.7. The second kappa shape index (κ2) is 8.42. The molecule has 6 aliphatic rings. The van der Waals surface area contributed by atoms with Crippen LogP contribution in [0.15, 0.2) is 12.1 Å². The number of hydrogen-bond acceptors (Lipinski definition) is 4. The van der Waals surface area contributed by atoms with Crippen molar-refractivity contribution in [2.45, 2.75) is 108 Å². The molecule has 7 rings (SSSR count). The third-order valence-electron chi connectivity index (χ3n) is 8.91. The maximum atomic E-state index is 15.5. The lowest BCUT2D eigenvalue weighted by Crippen LogP contribution is -2.56. The Morgan fingerprint density at radius 3 is 2.36 bits per heavy atom. The van der Waals surface area contributed by atoms with Crippen LogP contribution in [-0.2, 0) is 9.53 Å². The SMILES string of the molecule is CC(C)(C)OC(=O)C1CCCN1C(=O)c1cc(C2CC2)c(OC2C3CC4CC2CC(F)(C4)C3)cc1F. The molecule has 196 valence electrons. The molecule has 5 nitrogen and oxygen atoms in total. The van der Waals surface area contributed by atoms with Gasteiger partial charge in [-0.15, -0.1) is 0 Å². The predicted molar refractivity (Wildman–Crippen MR) is 130 cm³/mol. The molecule has 0 radical (unpaired) electrons. The van der Waals surface area contributed by atoms with Crippen LogP contribution >= 0.6 is 0 Å². The normalized spacial score (nSPS) is 35.2. The van der Waals surface area contributed by atoms with Crippen molar-refractivity contribution < 1.29 is 27.8 Å². The number of carbonyl (C=O) groups excluding carboxylic acids is 2. The lowest BCUT2D eigenvalue weighted by molar-refractivity contribution is -0.159. The highest BCUT2D eigenvalue weighted by molar-refractivity contribution is 5.98. The van der Waals surface area contributed by atoms with Crippen LogP contribution in [0.25, 0.3) is 0 Å². The minimum atomic E-state index is -1.04. The number of halogens is 2. The number of nitrogens with zero attached hydrogens (tertiary/aromatic N) is 1. The summed E-state index contributed by atoms with van der Waals surface area (Å²) in [5, 5.41) is 0. The highest BCUT2D eigenvalue weighted by Crippen LogP contribution is 2.58. The van der Waals surface area contributed by atoms with Gasteiger partial charge in [-0.05, 0) is 114 Å². The van der Waals surface area contributed by atoms with E-state index >= 15 is 8.78 Å². The molecule has 36 heavy (non-hydrogen) atoms. The van der Waals surface area contributed by atoms with Crippen molar-refractivity contribution in [3.8, 4) is 5.75 Å². The van der Waals surface area contributed by atoms with Crippen molar-refractivity contribution in [1.29, 1.82) is 0 Å². The van der Waals surface area contributed by atoms with Crippen molar-refractivity contribution >= 4 is 11.9 Å². The molecule has 1 aliphatic heterocycles. The van der Waals surface area contributed by atoms with E-state index < -0.39 is 35.0 Å². The van der Waals surface area contributed by atoms with E-state index in [2.05, 4.69) is 0 Å². The molecule has 1 aromatic carbocycles. The molecule has 1 heterocycles. The van der Waals surface area contributed by atoms with Gasteiger partial charge in [-0.1, -0.05) is 0 Å². The van der Waals surface area contributed by atoms with Crippen LogP contribution in [0.1, 0.15) is 100 Å². The summed E-state index contributed by atoms with van der Waals surface area (Å²) in [5.74, 6) is 0.0323. The number of amides is 1. The monoisotopic (exact) mass is 501 g/mol. The Morgan fingerprint density at radius 1 is 1.06 bits per heavy atom. The average molecular weight is 502 g/mol. The van der Waals surface area contributed by atoms with Crippen LogP contribution in [0.2, 0.25) is 0 Å². The number of esters is 1. The topological polar surface area (TPSA) is 55.8 Å². The van der Waals surface area contributed by atoms with Crippen LogP contribution in [0.4, 0.5) is 8.78 Å². The fourth-order valence-corrected chi connectivity index (χ4v) is 7.55. The highest BCUT2D eigenvalue weighted by atomic mass is 19.1. The zero-order valence-electron chi connectivity index (χ0n) is 21.5. The summed E-state index contributed by atoms with van der Waals surface area (Å²) in [4.78, 5) is 27.7. The Morgan fingerprint density at radius 2 is 1.75 bits per heavy atom. The Hall–Kier alpha value is -2.18. The van der Waals surface area contributed by atoms with E-state index in [1.54, 1.807) is 26.8 Å². The molecule has 0 aromatic heterocycles. The van der Waals surface area contributed by atoms with Gasteiger partial charge in [0.2, 0.25) is 0 Å². The van der Waals surface area contributed by atoms with Crippen LogP contribution in [0.3, 0.4) is 0 Å². The molecule has 1 aromatic rings. The number of alkyl halides is 1. The molecule has 0 N–H and O–H groups in total. The van der Waals surface area contributed by atoms with Gasteiger partial charge in [0.25, 0.3) is 5.91 Å². The van der Waals surface area contributed by atoms with Crippen molar-refractivity contribution in [2.75, 3.05) is 6.54 Å². The Bertz CT molecular complexity index is 1060. The number of carbonyl (C=O) groups is 2. The Kier molecular flexibility index (Phi) is 5.65. The van der Waals surface area contributed by atoms with Crippen molar-refractivity contribution in [1.82, 2.24) is 4.90 Å². The van der Waals surface area contributed by atoms with E-state index in [0.717, 1.165) is 31.2 Å². The zero-order chi connectivity index (χ0) is 25.4. The average Bonchev–Trinajstić information content (AvgIpc) is 3.48. The first kappa shape index (κ1) is 24.2. The van der Waals surface area contributed by atoms with Gasteiger partial charge in [0, 0.05) is 12.6 Å². The first-order valence-electron chi connectivity index (χ1n) is 13.7. The number of ether oxygens (including phenoxy) is 2. The molecule has 5 aliphatic carbocycles. The fourth-order valence-electron chi connectivity index (χ4n) is 7.55.